The summed E-state index contributed by atoms with van der Waals surface area (Å²) < 4.78 is 38.9. The van der Waals surface area contributed by atoms with E-state index in [0.717, 1.165) is 0 Å². The van der Waals surface area contributed by atoms with Crippen molar-refractivity contribution in [3.63, 3.8) is 0 Å². The van der Waals surface area contributed by atoms with Crippen LogP contribution in [0.3, 0.4) is 0 Å². The minimum absolute atomic E-state index is 0.108. The summed E-state index contributed by atoms with van der Waals surface area (Å²) in [5.74, 6) is -1.61. The van der Waals surface area contributed by atoms with Gasteiger partial charge in [0.05, 0.1) is 10.7 Å². The van der Waals surface area contributed by atoms with Crippen molar-refractivity contribution in [2.24, 2.45) is 0 Å². The first-order chi connectivity index (χ1) is 11.7. The predicted molar refractivity (Wildman–Crippen MR) is 88.6 cm³/mol. The fraction of sp³-hybridized carbons (Fsp3) is 0.188. The quantitative estimate of drug-likeness (QED) is 0.598. The van der Waals surface area contributed by atoms with Gasteiger partial charge in [0.15, 0.2) is 0 Å². The average molecular weight is 366 g/mol. The second kappa shape index (κ2) is 7.84. The zero-order chi connectivity index (χ0) is 18.4. The number of nitrogens with zero attached hydrogens (tertiary/aromatic N) is 1. The van der Waals surface area contributed by atoms with Gasteiger partial charge in [0, 0.05) is 18.6 Å². The van der Waals surface area contributed by atoms with Crippen molar-refractivity contribution in [1.82, 2.24) is 4.72 Å². The molecule has 2 aromatic rings. The lowest BCUT2D eigenvalue weighted by Crippen LogP contribution is -2.31. The van der Waals surface area contributed by atoms with Crippen LogP contribution < -0.4 is 4.72 Å². The topological polar surface area (TPSA) is 106 Å². The van der Waals surface area contributed by atoms with E-state index in [1.54, 1.807) is 6.07 Å². The normalized spacial score (nSPS) is 11.1. The Morgan fingerprint density at radius 2 is 1.80 bits per heavy atom. The van der Waals surface area contributed by atoms with Crippen LogP contribution in [0.4, 0.5) is 10.1 Å². The molecule has 0 saturated carbocycles. The van der Waals surface area contributed by atoms with Gasteiger partial charge in [-0.15, -0.1) is 0 Å². The van der Waals surface area contributed by atoms with Crippen LogP contribution in [0.1, 0.15) is 17.5 Å². The van der Waals surface area contributed by atoms with Gasteiger partial charge in [-0.2, -0.15) is 0 Å². The highest BCUT2D eigenvalue weighted by Gasteiger charge is 2.16. The lowest BCUT2D eigenvalue weighted by molar-refractivity contribution is -0.384. The summed E-state index contributed by atoms with van der Waals surface area (Å²) in [4.78, 5) is 21.7. The number of sulfonamides is 1. The summed E-state index contributed by atoms with van der Waals surface area (Å²) in [6.45, 7) is 0. The van der Waals surface area contributed by atoms with Crippen molar-refractivity contribution in [1.29, 1.82) is 0 Å². The molecular formula is C16H15FN2O5S. The van der Waals surface area contributed by atoms with Gasteiger partial charge in [0.25, 0.3) is 5.69 Å². The molecule has 0 spiro atoms. The highest BCUT2D eigenvalue weighted by Crippen LogP contribution is 2.14. The molecule has 2 aromatic carbocycles. The molecule has 25 heavy (non-hydrogen) atoms. The zero-order valence-corrected chi connectivity index (χ0v) is 13.8. The summed E-state index contributed by atoms with van der Waals surface area (Å²) in [6, 6.07) is 10.7. The number of carbonyl (C=O) groups is 1. The summed E-state index contributed by atoms with van der Waals surface area (Å²) in [6.07, 6.45) is 0.0968. The van der Waals surface area contributed by atoms with Crippen molar-refractivity contribution in [3.8, 4) is 0 Å². The van der Waals surface area contributed by atoms with Crippen LogP contribution in [0.2, 0.25) is 0 Å². The number of nitrogens with one attached hydrogen (secondary N) is 1. The molecule has 0 unspecified atom stereocenters. The smallest absolute Gasteiger partial charge is 0.269 e. The Morgan fingerprint density at radius 1 is 1.12 bits per heavy atom. The molecule has 1 N–H and O–H groups in total. The predicted octanol–water partition coefficient (Wildman–Crippen LogP) is 2.31. The van der Waals surface area contributed by atoms with Crippen LogP contribution >= 0.6 is 0 Å². The van der Waals surface area contributed by atoms with E-state index in [-0.39, 0.29) is 18.5 Å². The Balaban J connectivity index is 1.91. The standard InChI is InChI=1S/C16H15FN2O5S/c17-14-3-1-2-12(10-14)6-9-16(20)18-25(23,24)11-13-4-7-15(8-5-13)19(21)22/h1-5,7-8,10H,6,9,11H2,(H,18,20). The molecule has 0 fully saturated rings. The number of halogens is 1. The molecule has 0 saturated heterocycles. The number of hydrogen-bond acceptors (Lipinski definition) is 5. The second-order valence-corrected chi connectivity index (χ2v) is 7.06. The second-order valence-electron chi connectivity index (χ2n) is 5.34. The molecule has 0 bridgehead atoms. The summed E-state index contributed by atoms with van der Waals surface area (Å²) in [7, 11) is -3.92. The van der Waals surface area contributed by atoms with Gasteiger partial charge in [0.2, 0.25) is 15.9 Å². The third kappa shape index (κ3) is 5.96. The van der Waals surface area contributed by atoms with Gasteiger partial charge in [-0.05, 0) is 29.7 Å². The first-order valence-electron chi connectivity index (χ1n) is 7.26. The maximum absolute atomic E-state index is 13.0. The van der Waals surface area contributed by atoms with E-state index in [4.69, 9.17) is 0 Å². The van der Waals surface area contributed by atoms with Crippen molar-refractivity contribution >= 4 is 21.6 Å². The van der Waals surface area contributed by atoms with Gasteiger partial charge >= 0.3 is 0 Å². The van der Waals surface area contributed by atoms with Gasteiger partial charge < -0.3 is 0 Å². The van der Waals surface area contributed by atoms with E-state index >= 15 is 0 Å². The number of rotatable bonds is 7. The molecule has 132 valence electrons. The molecule has 0 atom stereocenters. The Bertz CT molecular complexity index is 882. The molecule has 0 aliphatic rings. The number of benzene rings is 2. The zero-order valence-electron chi connectivity index (χ0n) is 13.0. The maximum Gasteiger partial charge on any atom is 0.269 e. The van der Waals surface area contributed by atoms with Crippen LogP contribution in [0.15, 0.2) is 48.5 Å². The van der Waals surface area contributed by atoms with Crippen LogP contribution in [0.25, 0.3) is 0 Å². The molecule has 0 aromatic heterocycles. The van der Waals surface area contributed by atoms with E-state index in [1.807, 2.05) is 4.72 Å². The Kier molecular flexibility index (Phi) is 5.81. The molecule has 0 aliphatic heterocycles. The largest absolute Gasteiger partial charge is 0.274 e. The number of amides is 1. The SMILES string of the molecule is O=C(CCc1cccc(F)c1)NS(=O)(=O)Cc1ccc([N+](=O)[O-])cc1. The Hall–Kier alpha value is -2.81. The Morgan fingerprint density at radius 3 is 2.40 bits per heavy atom. The van der Waals surface area contributed by atoms with Gasteiger partial charge in [-0.1, -0.05) is 24.3 Å². The molecule has 0 radical (unpaired) electrons. The number of nitro groups is 1. The molecule has 0 heterocycles. The van der Waals surface area contributed by atoms with Crippen LogP contribution in [-0.4, -0.2) is 19.2 Å². The minimum Gasteiger partial charge on any atom is -0.274 e. The van der Waals surface area contributed by atoms with Gasteiger partial charge in [-0.3, -0.25) is 19.6 Å². The molecule has 0 aliphatic carbocycles. The van der Waals surface area contributed by atoms with E-state index in [1.165, 1.54) is 42.5 Å². The van der Waals surface area contributed by atoms with Gasteiger partial charge in [0.1, 0.15) is 5.82 Å². The fourth-order valence-corrected chi connectivity index (χ4v) is 3.30. The van der Waals surface area contributed by atoms with E-state index < -0.39 is 32.4 Å². The molecule has 7 nitrogen and oxygen atoms in total. The number of hydrogen-bond donors (Lipinski definition) is 1. The monoisotopic (exact) mass is 366 g/mol. The summed E-state index contributed by atoms with van der Waals surface area (Å²) in [5, 5.41) is 10.6. The van der Waals surface area contributed by atoms with Crippen molar-refractivity contribution in [2.45, 2.75) is 18.6 Å². The molecule has 2 rings (SSSR count). The first-order valence-corrected chi connectivity index (χ1v) is 8.91. The lowest BCUT2D eigenvalue weighted by atomic mass is 10.1. The number of aryl methyl sites for hydroxylation is 1. The van der Waals surface area contributed by atoms with Crippen molar-refractivity contribution < 1.29 is 22.5 Å². The van der Waals surface area contributed by atoms with E-state index in [2.05, 4.69) is 0 Å². The van der Waals surface area contributed by atoms with Crippen LogP contribution in [0.5, 0.6) is 0 Å². The molecule has 9 heteroatoms. The molecule has 1 amide bonds. The third-order valence-electron chi connectivity index (χ3n) is 3.30. The number of carbonyl (C=O) groups excluding carboxylic acids is 1. The van der Waals surface area contributed by atoms with Crippen molar-refractivity contribution in [3.05, 3.63) is 75.6 Å². The average Bonchev–Trinajstić information content (AvgIpc) is 2.52. The minimum atomic E-state index is -3.92. The van der Waals surface area contributed by atoms with E-state index in [9.17, 15) is 27.7 Å². The maximum atomic E-state index is 13.0. The summed E-state index contributed by atoms with van der Waals surface area (Å²) in [5.41, 5.74) is 0.749. The van der Waals surface area contributed by atoms with Gasteiger partial charge in [-0.25, -0.2) is 12.8 Å². The number of non-ortho nitro benzene ring substituents is 1. The Labute approximate surface area is 143 Å². The molecular weight excluding hydrogens is 351 g/mol. The van der Waals surface area contributed by atoms with Crippen LogP contribution in [0, 0.1) is 15.9 Å². The lowest BCUT2D eigenvalue weighted by Gasteiger charge is -2.07. The van der Waals surface area contributed by atoms with Crippen molar-refractivity contribution in [2.75, 3.05) is 0 Å². The summed E-state index contributed by atoms with van der Waals surface area (Å²) >= 11 is 0. The first kappa shape index (κ1) is 18.5. The third-order valence-corrected chi connectivity index (χ3v) is 4.55. The highest BCUT2D eigenvalue weighted by atomic mass is 32.2. The fourth-order valence-electron chi connectivity index (χ4n) is 2.14. The van der Waals surface area contributed by atoms with Crippen LogP contribution in [-0.2, 0) is 27.0 Å². The number of nitro benzene ring substituents is 1. The highest BCUT2D eigenvalue weighted by molar-refractivity contribution is 7.89. The van der Waals surface area contributed by atoms with E-state index in [0.29, 0.717) is 11.1 Å².